The molecule has 0 fully saturated rings. The Balaban J connectivity index is 0.000000211. The third-order valence-electron chi connectivity index (χ3n) is 10.5. The summed E-state index contributed by atoms with van der Waals surface area (Å²) in [6.07, 6.45) is 0.462. The quantitative estimate of drug-likeness (QED) is 0.0681. The molecule has 0 aliphatic rings. The van der Waals surface area contributed by atoms with E-state index in [-0.39, 0.29) is 47.0 Å². The molecule has 0 aliphatic heterocycles. The van der Waals surface area contributed by atoms with E-state index in [1.54, 1.807) is 79.9 Å². The predicted octanol–water partition coefficient (Wildman–Crippen LogP) is 9.56. The zero-order chi connectivity index (χ0) is 49.0. The van der Waals surface area contributed by atoms with Gasteiger partial charge in [-0.05, 0) is 74.5 Å². The van der Waals surface area contributed by atoms with Crippen LogP contribution < -0.4 is 15.4 Å². The minimum Gasteiger partial charge on any atom is -0.497 e. The van der Waals surface area contributed by atoms with Gasteiger partial charge in [0.1, 0.15) is 40.7 Å². The van der Waals surface area contributed by atoms with Crippen LogP contribution in [-0.2, 0) is 16.0 Å². The lowest BCUT2D eigenvalue weighted by Crippen LogP contribution is -2.13. The van der Waals surface area contributed by atoms with E-state index in [9.17, 15) is 24.9 Å². The van der Waals surface area contributed by atoms with E-state index in [1.165, 1.54) is 16.5 Å². The van der Waals surface area contributed by atoms with Crippen LogP contribution in [0, 0.1) is 36.5 Å². The summed E-state index contributed by atoms with van der Waals surface area (Å²) in [6, 6.07) is 39.6. The van der Waals surface area contributed by atoms with Crippen LogP contribution in [0.2, 0.25) is 10.0 Å². The first kappa shape index (κ1) is 48.4. The number of esters is 1. The number of methoxy groups -OCH3 is 2. The van der Waals surface area contributed by atoms with Crippen molar-refractivity contribution in [3.63, 3.8) is 0 Å². The molecule has 3 heterocycles. The highest BCUT2D eigenvalue weighted by Crippen LogP contribution is 2.29. The fourth-order valence-corrected chi connectivity index (χ4v) is 7.07. The summed E-state index contributed by atoms with van der Waals surface area (Å²) in [5, 5.41) is 40.3. The second-order valence-electron chi connectivity index (χ2n) is 15.2. The topological polar surface area (TPSA) is 216 Å². The van der Waals surface area contributed by atoms with Crippen LogP contribution in [0.4, 0.5) is 11.6 Å². The number of anilines is 2. The monoisotopic (exact) mass is 960 g/mol. The Morgan fingerprint density at radius 3 is 1.64 bits per heavy atom. The van der Waals surface area contributed by atoms with Gasteiger partial charge in [0, 0.05) is 46.2 Å². The number of ether oxygens (including phenoxy) is 2. The van der Waals surface area contributed by atoms with Crippen molar-refractivity contribution in [1.82, 2.24) is 29.7 Å². The molecular weight excluding hydrogens is 920 g/mol. The van der Waals surface area contributed by atoms with E-state index in [1.807, 2.05) is 62.4 Å². The van der Waals surface area contributed by atoms with Crippen LogP contribution in [0.3, 0.4) is 0 Å². The Morgan fingerprint density at radius 1 is 0.681 bits per heavy atom. The maximum Gasteiger partial charge on any atom is 0.307 e. The van der Waals surface area contributed by atoms with Crippen molar-refractivity contribution >= 4 is 52.4 Å². The lowest BCUT2D eigenvalue weighted by Gasteiger charge is -2.10. The van der Waals surface area contributed by atoms with E-state index in [0.717, 1.165) is 16.7 Å². The molecule has 16 nitrogen and oxygen atoms in total. The van der Waals surface area contributed by atoms with Crippen molar-refractivity contribution in [2.24, 2.45) is 0 Å². The van der Waals surface area contributed by atoms with Crippen LogP contribution >= 0.6 is 23.2 Å². The number of carbonyl (C=O) groups is 3. The zero-order valence-electron chi connectivity index (χ0n) is 37.7. The maximum absolute atomic E-state index is 13.3. The molecule has 0 atom stereocenters. The van der Waals surface area contributed by atoms with Gasteiger partial charge in [0.15, 0.2) is 11.4 Å². The van der Waals surface area contributed by atoms with Gasteiger partial charge in [-0.2, -0.15) is 25.7 Å². The van der Waals surface area contributed by atoms with Crippen molar-refractivity contribution < 1.29 is 28.4 Å². The van der Waals surface area contributed by atoms with Crippen LogP contribution in [0.5, 0.6) is 5.75 Å². The predicted molar refractivity (Wildman–Crippen MR) is 259 cm³/mol. The molecule has 8 aromatic rings. The maximum atomic E-state index is 13.3. The third kappa shape index (κ3) is 11.5. The van der Waals surface area contributed by atoms with Gasteiger partial charge < -0.3 is 24.6 Å². The van der Waals surface area contributed by atoms with E-state index >= 15 is 0 Å². The molecule has 346 valence electrons. The molecule has 5 aromatic carbocycles. The van der Waals surface area contributed by atoms with Gasteiger partial charge in [-0.25, -0.2) is 9.36 Å². The lowest BCUT2D eigenvalue weighted by atomic mass is 10.0. The number of halogens is 2. The van der Waals surface area contributed by atoms with Crippen LogP contribution in [-0.4, -0.2) is 74.5 Å². The molecule has 0 radical (unpaired) electrons. The number of hydrogen-bond donors (Lipinski definition) is 2. The van der Waals surface area contributed by atoms with Crippen LogP contribution in [0.25, 0.3) is 22.8 Å². The number of aryl methyl sites for hydroxylation is 2. The van der Waals surface area contributed by atoms with Gasteiger partial charge in [-0.3, -0.25) is 14.4 Å². The Kier molecular flexibility index (Phi) is 15.6. The Labute approximate surface area is 406 Å². The van der Waals surface area contributed by atoms with Crippen LogP contribution in [0.1, 0.15) is 66.7 Å². The molecule has 18 heteroatoms. The fourth-order valence-electron chi connectivity index (χ4n) is 6.82. The largest absolute Gasteiger partial charge is 0.497 e. The summed E-state index contributed by atoms with van der Waals surface area (Å²) in [5.41, 5.74) is 5.25. The summed E-state index contributed by atoms with van der Waals surface area (Å²) >= 11 is 12.1. The van der Waals surface area contributed by atoms with E-state index in [4.69, 9.17) is 32.5 Å². The number of benzene rings is 5. The normalized spacial score (nSPS) is 10.6. The SMILES string of the molecule is COC(=O)CCNc1c(C#N)c(C(=O)c2ccc(C)cc2)nn1-c1ccc(Cl)cc1.COc1cccc(-c2noc(CCNc3c(C#N)c(C(=O)c4ccc(C)cc4)nn3-c3ccc(Cl)cc3)n2)c1. The lowest BCUT2D eigenvalue weighted by molar-refractivity contribution is -0.140. The van der Waals surface area contributed by atoms with Gasteiger partial charge in [0.05, 0.1) is 32.0 Å². The van der Waals surface area contributed by atoms with Crippen molar-refractivity contribution in [1.29, 1.82) is 10.5 Å². The number of nitrogens with zero attached hydrogens (tertiary/aromatic N) is 8. The smallest absolute Gasteiger partial charge is 0.307 e. The molecule has 0 amide bonds. The molecule has 69 heavy (non-hydrogen) atoms. The third-order valence-corrected chi connectivity index (χ3v) is 11.0. The second-order valence-corrected chi connectivity index (χ2v) is 16.1. The first-order valence-electron chi connectivity index (χ1n) is 21.2. The molecular formula is C51H42Cl2N10O6. The summed E-state index contributed by atoms with van der Waals surface area (Å²) in [4.78, 5) is 42.3. The van der Waals surface area contributed by atoms with Crippen LogP contribution in [0.15, 0.2) is 126 Å². The van der Waals surface area contributed by atoms with E-state index in [2.05, 4.69) is 47.8 Å². The number of aromatic nitrogens is 6. The summed E-state index contributed by atoms with van der Waals surface area (Å²) in [5.74, 6) is 1.14. The number of nitrogens with one attached hydrogen (secondary N) is 2. The highest BCUT2D eigenvalue weighted by atomic mass is 35.5. The average Bonchev–Trinajstić information content (AvgIpc) is 4.10. The number of hydrogen-bond acceptors (Lipinski definition) is 14. The number of ketones is 2. The minimum atomic E-state index is -0.394. The van der Waals surface area contributed by atoms with Gasteiger partial charge in [-0.15, -0.1) is 0 Å². The molecule has 0 spiro atoms. The summed E-state index contributed by atoms with van der Waals surface area (Å²) < 4.78 is 18.3. The Bertz CT molecular complexity index is 3200. The number of rotatable bonds is 16. The summed E-state index contributed by atoms with van der Waals surface area (Å²) in [7, 11) is 2.90. The fraction of sp³-hybridized carbons (Fsp3) is 0.157. The molecule has 0 saturated carbocycles. The summed E-state index contributed by atoms with van der Waals surface area (Å²) in [6.45, 7) is 4.41. The first-order chi connectivity index (χ1) is 33.4. The number of carbonyl (C=O) groups excluding carboxylic acids is 3. The first-order valence-corrected chi connectivity index (χ1v) is 22.0. The van der Waals surface area contributed by atoms with Gasteiger partial charge in [0.2, 0.25) is 23.3 Å². The highest BCUT2D eigenvalue weighted by Gasteiger charge is 2.27. The Hall–Kier alpha value is -8.57. The zero-order valence-corrected chi connectivity index (χ0v) is 39.2. The molecule has 0 bridgehead atoms. The van der Waals surface area contributed by atoms with Gasteiger partial charge in [0.25, 0.3) is 0 Å². The standard InChI is InChI=1S/C29H23ClN6O3.C22H19ClN4O3/c1-18-6-8-19(9-7-18)27(37)26-24(17-31)29(36(34-26)22-12-10-21(30)11-13-22)32-15-14-25-33-28(35-39-25)20-4-3-5-23(16-20)38-2;1-14-3-5-15(6-4-14)21(29)20-18(13-24)22(25-12-11-19(28)30-2)27(26-20)17-9-7-16(23)8-10-17/h3-13,16,32H,14-15H2,1-2H3;3-10,25H,11-12H2,1-2H3. The molecule has 0 saturated heterocycles. The van der Waals surface area contributed by atoms with E-state index in [0.29, 0.717) is 74.6 Å². The molecule has 0 unspecified atom stereocenters. The van der Waals surface area contributed by atoms with Crippen molar-refractivity contribution in [2.45, 2.75) is 26.7 Å². The van der Waals surface area contributed by atoms with Gasteiger partial charge >= 0.3 is 5.97 Å². The average molecular weight is 962 g/mol. The van der Waals surface area contributed by atoms with Crippen molar-refractivity contribution in [2.75, 3.05) is 37.9 Å². The molecule has 2 N–H and O–H groups in total. The highest BCUT2D eigenvalue weighted by molar-refractivity contribution is 6.30. The molecule has 3 aromatic heterocycles. The van der Waals surface area contributed by atoms with Gasteiger partial charge in [-0.1, -0.05) is 100 Å². The molecule has 8 rings (SSSR count). The molecule has 0 aliphatic carbocycles. The minimum absolute atomic E-state index is 0.0249. The van der Waals surface area contributed by atoms with Crippen molar-refractivity contribution in [3.8, 4) is 40.7 Å². The van der Waals surface area contributed by atoms with E-state index < -0.39 is 5.97 Å². The Morgan fingerprint density at radius 2 is 1.17 bits per heavy atom. The number of nitriles is 2. The second kappa shape index (κ2) is 22.3. The van der Waals surface area contributed by atoms with Crippen molar-refractivity contribution in [3.05, 3.63) is 182 Å².